The maximum Gasteiger partial charge on any atom is 0.260 e. The van der Waals surface area contributed by atoms with Gasteiger partial charge in [-0.05, 0) is 75.6 Å². The van der Waals surface area contributed by atoms with E-state index in [-0.39, 0.29) is 24.1 Å². The monoisotopic (exact) mass is 448 g/mol. The molecule has 1 aromatic heterocycles. The van der Waals surface area contributed by atoms with Crippen LogP contribution in [0.4, 0.5) is 9.52 Å². The second-order valence-corrected chi connectivity index (χ2v) is 7.70. The van der Waals surface area contributed by atoms with Crippen LogP contribution in [0.1, 0.15) is 16.8 Å². The lowest BCUT2D eigenvalue weighted by Gasteiger charge is -2.21. The smallest absolute Gasteiger partial charge is 0.260 e. The van der Waals surface area contributed by atoms with E-state index in [4.69, 9.17) is 9.72 Å². The van der Waals surface area contributed by atoms with E-state index in [1.54, 1.807) is 12.0 Å². The first kappa shape index (κ1) is 23.8. The fourth-order valence-electron chi connectivity index (χ4n) is 2.86. The van der Waals surface area contributed by atoms with Gasteiger partial charge in [-0.25, -0.2) is 9.37 Å². The number of thiazole rings is 1. The van der Waals surface area contributed by atoms with Crippen LogP contribution in [0.2, 0.25) is 0 Å². The second-order valence-electron chi connectivity index (χ2n) is 6.86. The largest absolute Gasteiger partial charge is 1.00 e. The van der Waals surface area contributed by atoms with Gasteiger partial charge in [0.2, 0.25) is 0 Å². The number of hydrogen-bond donors (Lipinski definition) is 0. The molecule has 8 heteroatoms. The first-order chi connectivity index (χ1) is 14.0. The van der Waals surface area contributed by atoms with Gasteiger partial charge in [-0.15, -0.1) is 11.3 Å². The summed E-state index contributed by atoms with van der Waals surface area (Å²) in [4.78, 5) is 21.5. The molecule has 2 aromatic carbocycles. The van der Waals surface area contributed by atoms with Gasteiger partial charge in [-0.1, -0.05) is 0 Å². The van der Waals surface area contributed by atoms with Crippen LogP contribution in [-0.4, -0.2) is 50.1 Å². The fourth-order valence-corrected chi connectivity index (χ4v) is 3.72. The number of halogens is 2. The summed E-state index contributed by atoms with van der Waals surface area (Å²) >= 11 is 1.42. The van der Waals surface area contributed by atoms with Crippen LogP contribution in [0.3, 0.4) is 0 Å². The lowest BCUT2D eigenvalue weighted by molar-refractivity contribution is -0.0000145. The molecular weight excluding hydrogens is 425 g/mol. The average molecular weight is 449 g/mol. The molecule has 30 heavy (non-hydrogen) atoms. The minimum atomic E-state index is -0.364. The number of carbonyl (C=O) groups excluding carboxylic acids is 1. The number of carbonyl (C=O) groups is 1. The molecule has 0 fully saturated rings. The summed E-state index contributed by atoms with van der Waals surface area (Å²) < 4.78 is 18.5. The second kappa shape index (κ2) is 11.1. The Balaban J connectivity index is 0.00000320. The van der Waals surface area contributed by atoms with Gasteiger partial charge in [-0.3, -0.25) is 9.69 Å². The number of nitrogens with zero attached hydrogens (tertiary/aromatic N) is 3. The normalized spacial score (nSPS) is 10.6. The highest BCUT2D eigenvalue weighted by Crippen LogP contribution is 2.29. The number of rotatable bonds is 8. The molecule has 0 N–H and O–H groups in total. The number of anilines is 1. The molecule has 5 nitrogen and oxygen atoms in total. The topological polar surface area (TPSA) is 45.7 Å². The average Bonchev–Trinajstić information content (AvgIpc) is 3.21. The van der Waals surface area contributed by atoms with Gasteiger partial charge < -0.3 is 22.0 Å². The number of ether oxygens (including phenoxy) is 1. The molecule has 3 rings (SSSR count). The number of amides is 1. The molecular formula is C22H24ClFN3O2S-. The van der Waals surface area contributed by atoms with Gasteiger partial charge in [0.25, 0.3) is 5.91 Å². The highest BCUT2D eigenvalue weighted by Gasteiger charge is 2.21. The first-order valence-corrected chi connectivity index (χ1v) is 10.2. The van der Waals surface area contributed by atoms with Gasteiger partial charge in [0, 0.05) is 23.1 Å². The van der Waals surface area contributed by atoms with E-state index in [0.717, 1.165) is 30.0 Å². The Morgan fingerprint density at radius 1 is 1.07 bits per heavy atom. The molecule has 0 aliphatic heterocycles. The van der Waals surface area contributed by atoms with E-state index < -0.39 is 0 Å². The molecule has 0 aliphatic rings. The third kappa shape index (κ3) is 6.01. The zero-order chi connectivity index (χ0) is 20.8. The summed E-state index contributed by atoms with van der Waals surface area (Å²) in [7, 11) is 5.62. The van der Waals surface area contributed by atoms with Gasteiger partial charge in [-0.2, -0.15) is 0 Å². The van der Waals surface area contributed by atoms with Crippen LogP contribution in [0.5, 0.6) is 5.75 Å². The van der Waals surface area contributed by atoms with Gasteiger partial charge in [0.1, 0.15) is 11.6 Å². The molecule has 0 saturated heterocycles. The Bertz CT molecular complexity index is 946. The Morgan fingerprint density at radius 3 is 2.33 bits per heavy atom. The maximum atomic E-state index is 13.3. The quantitative estimate of drug-likeness (QED) is 0.524. The van der Waals surface area contributed by atoms with Crippen molar-refractivity contribution in [2.75, 3.05) is 39.2 Å². The lowest BCUT2D eigenvalue weighted by atomic mass is 10.2. The van der Waals surface area contributed by atoms with Crippen LogP contribution < -0.4 is 22.0 Å². The molecule has 0 unspecified atom stereocenters. The molecule has 1 heterocycles. The Labute approximate surface area is 186 Å². The first-order valence-electron chi connectivity index (χ1n) is 9.30. The SMILES string of the molecule is COc1ccc(-c2csc(N(CCCN(C)C)C(=O)c3ccc(F)cc3)n2)cc1.[Cl-]. The van der Waals surface area contributed by atoms with Crippen molar-refractivity contribution in [1.29, 1.82) is 0 Å². The summed E-state index contributed by atoms with van der Waals surface area (Å²) in [6.45, 7) is 1.38. The number of methoxy groups -OCH3 is 1. The van der Waals surface area contributed by atoms with E-state index in [9.17, 15) is 9.18 Å². The molecule has 0 spiro atoms. The van der Waals surface area contributed by atoms with Gasteiger partial charge in [0.05, 0.1) is 12.8 Å². The van der Waals surface area contributed by atoms with Crippen molar-refractivity contribution in [2.45, 2.75) is 6.42 Å². The molecule has 3 aromatic rings. The van der Waals surface area contributed by atoms with E-state index in [1.165, 1.54) is 35.6 Å². The molecule has 160 valence electrons. The number of benzene rings is 2. The van der Waals surface area contributed by atoms with Crippen LogP contribution in [0, 0.1) is 5.82 Å². The molecule has 0 bridgehead atoms. The fraction of sp³-hybridized carbons (Fsp3) is 0.273. The van der Waals surface area contributed by atoms with Crippen molar-refractivity contribution in [1.82, 2.24) is 9.88 Å². The molecule has 0 radical (unpaired) electrons. The van der Waals surface area contributed by atoms with Crippen molar-refractivity contribution >= 4 is 22.4 Å². The number of aromatic nitrogens is 1. The summed E-state index contributed by atoms with van der Waals surface area (Å²) in [5, 5.41) is 2.57. The third-order valence-corrected chi connectivity index (χ3v) is 5.30. The zero-order valence-electron chi connectivity index (χ0n) is 17.1. The molecule has 0 aliphatic carbocycles. The van der Waals surface area contributed by atoms with Crippen molar-refractivity contribution in [2.24, 2.45) is 0 Å². The Hall–Kier alpha value is -2.48. The standard InChI is InChI=1S/C22H24FN3O2S.ClH/c1-25(2)13-4-14-26(21(27)17-5-9-18(23)10-6-17)22-24-20(15-29-22)16-7-11-19(28-3)12-8-16;/h5-12,15H,4,13-14H2,1-3H3;1H/p-1. The zero-order valence-corrected chi connectivity index (χ0v) is 18.7. The number of hydrogen-bond acceptors (Lipinski definition) is 5. The van der Waals surface area contributed by atoms with Crippen LogP contribution in [-0.2, 0) is 0 Å². The molecule has 0 saturated carbocycles. The van der Waals surface area contributed by atoms with Crippen LogP contribution in [0.15, 0.2) is 53.9 Å². The summed E-state index contributed by atoms with van der Waals surface area (Å²) in [6.07, 6.45) is 0.803. The van der Waals surface area contributed by atoms with E-state index in [2.05, 4.69) is 4.90 Å². The van der Waals surface area contributed by atoms with E-state index >= 15 is 0 Å². The van der Waals surface area contributed by atoms with Gasteiger partial charge >= 0.3 is 0 Å². The van der Waals surface area contributed by atoms with Crippen molar-refractivity contribution < 1.29 is 26.3 Å². The minimum Gasteiger partial charge on any atom is -1.00 e. The highest BCUT2D eigenvalue weighted by molar-refractivity contribution is 7.14. The Kier molecular flexibility index (Phi) is 8.77. The minimum absolute atomic E-state index is 0. The highest BCUT2D eigenvalue weighted by atomic mass is 35.5. The van der Waals surface area contributed by atoms with Gasteiger partial charge in [0.15, 0.2) is 5.13 Å². The lowest BCUT2D eigenvalue weighted by Crippen LogP contribution is -3.00. The summed E-state index contributed by atoms with van der Waals surface area (Å²) in [6, 6.07) is 13.3. The van der Waals surface area contributed by atoms with Crippen molar-refractivity contribution in [3.8, 4) is 17.0 Å². The molecule has 0 atom stereocenters. The summed E-state index contributed by atoms with van der Waals surface area (Å²) in [5.74, 6) is 0.233. The van der Waals surface area contributed by atoms with Crippen LogP contribution in [0.25, 0.3) is 11.3 Å². The molecule has 1 amide bonds. The maximum absolute atomic E-state index is 13.3. The predicted molar refractivity (Wildman–Crippen MR) is 115 cm³/mol. The van der Waals surface area contributed by atoms with Crippen LogP contribution >= 0.6 is 11.3 Å². The van der Waals surface area contributed by atoms with Crippen molar-refractivity contribution in [3.05, 3.63) is 65.3 Å². The third-order valence-electron chi connectivity index (χ3n) is 4.43. The van der Waals surface area contributed by atoms with E-state index in [1.807, 2.05) is 43.7 Å². The predicted octanol–water partition coefficient (Wildman–Crippen LogP) is 1.56. The summed E-state index contributed by atoms with van der Waals surface area (Å²) in [5.41, 5.74) is 2.20. The van der Waals surface area contributed by atoms with E-state index in [0.29, 0.717) is 17.2 Å². The Morgan fingerprint density at radius 2 is 1.73 bits per heavy atom. The van der Waals surface area contributed by atoms with Crippen molar-refractivity contribution in [3.63, 3.8) is 0 Å².